The zero-order valence-corrected chi connectivity index (χ0v) is 12.3. The molecule has 0 spiro atoms. The van der Waals surface area contributed by atoms with E-state index >= 15 is 0 Å². The number of likely N-dealkylation sites (tertiary alicyclic amines) is 1. The molecular formula is C17H23NO2. The van der Waals surface area contributed by atoms with Gasteiger partial charge in [0.2, 0.25) is 0 Å². The van der Waals surface area contributed by atoms with Gasteiger partial charge in [0.05, 0.1) is 5.56 Å². The molecule has 1 heterocycles. The topological polar surface area (TPSA) is 40.5 Å². The molecule has 0 radical (unpaired) electrons. The van der Waals surface area contributed by atoms with Gasteiger partial charge in [-0.2, -0.15) is 0 Å². The van der Waals surface area contributed by atoms with Crippen LogP contribution in [0.3, 0.4) is 0 Å². The van der Waals surface area contributed by atoms with Gasteiger partial charge >= 0.3 is 5.97 Å². The first-order chi connectivity index (χ1) is 9.54. The second kappa shape index (κ2) is 6.71. The Labute approximate surface area is 120 Å². The maximum Gasteiger partial charge on any atom is 0.335 e. The lowest BCUT2D eigenvalue weighted by atomic mass is 9.94. The van der Waals surface area contributed by atoms with E-state index in [0.717, 1.165) is 25.6 Å². The number of carbonyl (C=O) groups is 1. The van der Waals surface area contributed by atoms with Crippen molar-refractivity contribution in [3.05, 3.63) is 47.0 Å². The van der Waals surface area contributed by atoms with Crippen LogP contribution in [0.25, 0.3) is 0 Å². The van der Waals surface area contributed by atoms with Crippen LogP contribution in [-0.4, -0.2) is 29.1 Å². The average Bonchev–Trinajstić information content (AvgIpc) is 2.41. The molecule has 0 amide bonds. The molecule has 0 unspecified atom stereocenters. The first-order valence-electron chi connectivity index (χ1n) is 7.24. The largest absolute Gasteiger partial charge is 0.478 e. The molecule has 0 aromatic heterocycles. The van der Waals surface area contributed by atoms with E-state index < -0.39 is 5.97 Å². The van der Waals surface area contributed by atoms with E-state index in [4.69, 9.17) is 5.11 Å². The SMILES string of the molecule is CC(C)=CC1CCN(Cc2ccc(C(=O)O)cc2)CC1. The van der Waals surface area contributed by atoms with Crippen molar-refractivity contribution in [1.82, 2.24) is 4.90 Å². The highest BCUT2D eigenvalue weighted by Gasteiger charge is 2.17. The predicted octanol–water partition coefficient (Wildman–Crippen LogP) is 3.56. The number of benzene rings is 1. The second-order valence-electron chi connectivity index (χ2n) is 5.86. The van der Waals surface area contributed by atoms with Crippen LogP contribution in [0.2, 0.25) is 0 Å². The van der Waals surface area contributed by atoms with Gasteiger partial charge < -0.3 is 5.11 Å². The lowest BCUT2D eigenvalue weighted by Crippen LogP contribution is -2.32. The summed E-state index contributed by atoms with van der Waals surface area (Å²) in [5.41, 5.74) is 2.96. The third-order valence-electron chi connectivity index (χ3n) is 3.81. The maximum atomic E-state index is 10.8. The summed E-state index contributed by atoms with van der Waals surface area (Å²) < 4.78 is 0. The third-order valence-corrected chi connectivity index (χ3v) is 3.81. The van der Waals surface area contributed by atoms with Gasteiger partial charge in [-0.3, -0.25) is 4.90 Å². The molecule has 1 aliphatic heterocycles. The van der Waals surface area contributed by atoms with Crippen molar-refractivity contribution in [2.45, 2.75) is 33.2 Å². The summed E-state index contributed by atoms with van der Waals surface area (Å²) in [5, 5.41) is 8.88. The quantitative estimate of drug-likeness (QED) is 0.853. The monoisotopic (exact) mass is 273 g/mol. The summed E-state index contributed by atoms with van der Waals surface area (Å²) in [6.07, 6.45) is 4.83. The fraction of sp³-hybridized carbons (Fsp3) is 0.471. The highest BCUT2D eigenvalue weighted by Crippen LogP contribution is 2.21. The third kappa shape index (κ3) is 4.20. The van der Waals surface area contributed by atoms with Crippen LogP contribution in [-0.2, 0) is 6.54 Å². The number of hydrogen-bond acceptors (Lipinski definition) is 2. The highest BCUT2D eigenvalue weighted by atomic mass is 16.4. The minimum atomic E-state index is -0.862. The molecule has 1 saturated heterocycles. The van der Waals surface area contributed by atoms with E-state index in [0.29, 0.717) is 5.56 Å². The molecule has 3 nitrogen and oxygen atoms in total. The Balaban J connectivity index is 1.86. The molecule has 0 bridgehead atoms. The molecule has 0 aliphatic carbocycles. The van der Waals surface area contributed by atoms with E-state index in [2.05, 4.69) is 24.8 Å². The van der Waals surface area contributed by atoms with Crippen molar-refractivity contribution in [3.63, 3.8) is 0 Å². The van der Waals surface area contributed by atoms with Crippen molar-refractivity contribution in [2.75, 3.05) is 13.1 Å². The van der Waals surface area contributed by atoms with E-state index in [-0.39, 0.29) is 0 Å². The van der Waals surface area contributed by atoms with Gasteiger partial charge in [-0.05, 0) is 63.4 Å². The Bertz CT molecular complexity index is 478. The summed E-state index contributed by atoms with van der Waals surface area (Å²) in [7, 11) is 0. The number of aromatic carboxylic acids is 1. The van der Waals surface area contributed by atoms with Gasteiger partial charge in [0.15, 0.2) is 0 Å². The minimum Gasteiger partial charge on any atom is -0.478 e. The van der Waals surface area contributed by atoms with Gasteiger partial charge in [0.25, 0.3) is 0 Å². The lowest BCUT2D eigenvalue weighted by molar-refractivity contribution is 0.0697. The van der Waals surface area contributed by atoms with Gasteiger partial charge in [0, 0.05) is 6.54 Å². The molecule has 0 saturated carbocycles. The Hall–Kier alpha value is -1.61. The van der Waals surface area contributed by atoms with Crippen molar-refractivity contribution >= 4 is 5.97 Å². The van der Waals surface area contributed by atoms with E-state index in [1.165, 1.54) is 24.0 Å². The lowest BCUT2D eigenvalue weighted by Gasteiger charge is -2.30. The van der Waals surface area contributed by atoms with Crippen LogP contribution >= 0.6 is 0 Å². The van der Waals surface area contributed by atoms with Gasteiger partial charge in [-0.15, -0.1) is 0 Å². The number of carboxylic acid groups (broad SMARTS) is 1. The van der Waals surface area contributed by atoms with E-state index in [1.807, 2.05) is 12.1 Å². The number of allylic oxidation sites excluding steroid dienone is 2. The van der Waals surface area contributed by atoms with Crippen LogP contribution in [0.15, 0.2) is 35.9 Å². The molecule has 20 heavy (non-hydrogen) atoms. The first kappa shape index (κ1) is 14.8. The molecule has 2 rings (SSSR count). The van der Waals surface area contributed by atoms with Crippen LogP contribution < -0.4 is 0 Å². The summed E-state index contributed by atoms with van der Waals surface area (Å²) >= 11 is 0. The highest BCUT2D eigenvalue weighted by molar-refractivity contribution is 5.87. The summed E-state index contributed by atoms with van der Waals surface area (Å²) in [4.78, 5) is 13.3. The van der Waals surface area contributed by atoms with Crippen LogP contribution in [0.1, 0.15) is 42.6 Å². The zero-order valence-electron chi connectivity index (χ0n) is 12.3. The molecule has 1 aromatic rings. The molecular weight excluding hydrogens is 250 g/mol. The number of nitrogens with zero attached hydrogens (tertiary/aromatic N) is 1. The van der Waals surface area contributed by atoms with Crippen LogP contribution in [0, 0.1) is 5.92 Å². The Morgan fingerprint density at radius 1 is 1.25 bits per heavy atom. The minimum absolute atomic E-state index is 0.357. The van der Waals surface area contributed by atoms with Crippen molar-refractivity contribution < 1.29 is 9.90 Å². The molecule has 0 atom stereocenters. The Morgan fingerprint density at radius 2 is 1.85 bits per heavy atom. The zero-order chi connectivity index (χ0) is 14.5. The fourth-order valence-electron chi connectivity index (χ4n) is 2.76. The standard InChI is InChI=1S/C17H23NO2/c1-13(2)11-14-7-9-18(10-8-14)12-15-3-5-16(6-4-15)17(19)20/h3-6,11,14H,7-10,12H2,1-2H3,(H,19,20). The fourth-order valence-corrected chi connectivity index (χ4v) is 2.76. The normalized spacial score (nSPS) is 16.9. The van der Waals surface area contributed by atoms with Crippen molar-refractivity contribution in [3.8, 4) is 0 Å². The molecule has 1 fully saturated rings. The van der Waals surface area contributed by atoms with Crippen molar-refractivity contribution in [2.24, 2.45) is 5.92 Å². The van der Waals surface area contributed by atoms with E-state index in [1.54, 1.807) is 12.1 Å². The van der Waals surface area contributed by atoms with Gasteiger partial charge in [-0.1, -0.05) is 23.8 Å². The number of piperidine rings is 1. The summed E-state index contributed by atoms with van der Waals surface area (Å²) in [6, 6.07) is 7.22. The Kier molecular flexibility index (Phi) is 4.96. The van der Waals surface area contributed by atoms with Gasteiger partial charge in [0.1, 0.15) is 0 Å². The summed E-state index contributed by atoms with van der Waals surface area (Å²) in [5.74, 6) is -0.135. The number of carboxylic acids is 1. The molecule has 1 aromatic carbocycles. The van der Waals surface area contributed by atoms with Crippen LogP contribution in [0.5, 0.6) is 0 Å². The number of rotatable bonds is 4. The van der Waals surface area contributed by atoms with E-state index in [9.17, 15) is 4.79 Å². The smallest absolute Gasteiger partial charge is 0.335 e. The first-order valence-corrected chi connectivity index (χ1v) is 7.24. The summed E-state index contributed by atoms with van der Waals surface area (Å²) in [6.45, 7) is 7.48. The molecule has 3 heteroatoms. The maximum absolute atomic E-state index is 10.8. The second-order valence-corrected chi connectivity index (χ2v) is 5.86. The molecule has 108 valence electrons. The average molecular weight is 273 g/mol. The van der Waals surface area contributed by atoms with Gasteiger partial charge in [-0.25, -0.2) is 4.79 Å². The van der Waals surface area contributed by atoms with Crippen LogP contribution in [0.4, 0.5) is 0 Å². The molecule has 1 N–H and O–H groups in total. The van der Waals surface area contributed by atoms with Crippen molar-refractivity contribution in [1.29, 1.82) is 0 Å². The predicted molar refractivity (Wildman–Crippen MR) is 80.8 cm³/mol. The molecule has 1 aliphatic rings. The Morgan fingerprint density at radius 3 is 2.35 bits per heavy atom. The number of hydrogen-bond donors (Lipinski definition) is 1.